The SMILES string of the molecule is CC/C=C\C/C=C\C/C=C\C/C=C\C/C=C\CCCC(=O)OC(COC(=O)CCCCCCC/C=C\CCCCCC)COC(=O)CCCCCCCCCCCCCC/C=C\C/C=C\C/C=C\CCCCCCC. The van der Waals surface area contributed by atoms with Gasteiger partial charge >= 0.3 is 17.9 Å². The van der Waals surface area contributed by atoms with Crippen LogP contribution in [-0.2, 0) is 28.6 Å². The average Bonchev–Trinajstić information content (AvgIpc) is 3.41. The molecule has 0 bridgehead atoms. The minimum Gasteiger partial charge on any atom is -0.462 e. The Labute approximate surface area is 463 Å². The van der Waals surface area contributed by atoms with Crippen molar-refractivity contribution in [3.63, 3.8) is 0 Å². The van der Waals surface area contributed by atoms with Gasteiger partial charge in [-0.2, -0.15) is 0 Å². The van der Waals surface area contributed by atoms with Gasteiger partial charge in [-0.1, -0.05) is 259 Å². The molecule has 0 saturated carbocycles. The van der Waals surface area contributed by atoms with Crippen LogP contribution in [0.3, 0.4) is 0 Å². The van der Waals surface area contributed by atoms with Crippen molar-refractivity contribution in [2.45, 2.75) is 297 Å². The van der Waals surface area contributed by atoms with Crippen LogP contribution in [0.5, 0.6) is 0 Å². The first-order valence-corrected chi connectivity index (χ1v) is 31.4. The molecule has 0 aromatic carbocycles. The lowest BCUT2D eigenvalue weighted by molar-refractivity contribution is -0.167. The normalized spacial score (nSPS) is 12.8. The van der Waals surface area contributed by atoms with Gasteiger partial charge in [0.1, 0.15) is 13.2 Å². The fourth-order valence-electron chi connectivity index (χ4n) is 8.54. The molecule has 0 amide bonds. The maximum absolute atomic E-state index is 12.9. The van der Waals surface area contributed by atoms with Crippen LogP contribution >= 0.6 is 0 Å². The largest absolute Gasteiger partial charge is 0.462 e. The summed E-state index contributed by atoms with van der Waals surface area (Å²) in [5, 5.41) is 0. The number of esters is 3. The van der Waals surface area contributed by atoms with Gasteiger partial charge in [-0.15, -0.1) is 0 Å². The Morgan fingerprint density at radius 3 is 0.880 bits per heavy atom. The van der Waals surface area contributed by atoms with Gasteiger partial charge in [0.2, 0.25) is 0 Å². The van der Waals surface area contributed by atoms with Gasteiger partial charge in [0.25, 0.3) is 0 Å². The molecule has 0 spiro atoms. The van der Waals surface area contributed by atoms with E-state index < -0.39 is 6.10 Å². The Kier molecular flexibility index (Phi) is 59.3. The average molecular weight is 1040 g/mol. The van der Waals surface area contributed by atoms with Crippen molar-refractivity contribution in [2.24, 2.45) is 0 Å². The maximum atomic E-state index is 12.9. The van der Waals surface area contributed by atoms with Gasteiger partial charge in [-0.3, -0.25) is 14.4 Å². The van der Waals surface area contributed by atoms with Crippen LogP contribution in [-0.4, -0.2) is 37.2 Å². The second-order valence-corrected chi connectivity index (χ2v) is 20.6. The molecule has 1 atom stereocenters. The zero-order valence-electron chi connectivity index (χ0n) is 49.0. The minimum absolute atomic E-state index is 0.105. The van der Waals surface area contributed by atoms with Crippen molar-refractivity contribution < 1.29 is 28.6 Å². The predicted octanol–water partition coefficient (Wildman–Crippen LogP) is 21.4. The van der Waals surface area contributed by atoms with Gasteiger partial charge in [-0.25, -0.2) is 0 Å². The third-order valence-corrected chi connectivity index (χ3v) is 13.2. The van der Waals surface area contributed by atoms with Crippen molar-refractivity contribution in [3.05, 3.63) is 109 Å². The van der Waals surface area contributed by atoms with Crippen molar-refractivity contribution in [1.82, 2.24) is 0 Å². The summed E-state index contributed by atoms with van der Waals surface area (Å²) in [5.74, 6) is -0.970. The van der Waals surface area contributed by atoms with Crippen molar-refractivity contribution in [2.75, 3.05) is 13.2 Å². The van der Waals surface area contributed by atoms with Crippen LogP contribution < -0.4 is 0 Å². The molecule has 0 aliphatic rings. The molecule has 0 aromatic heterocycles. The highest BCUT2D eigenvalue weighted by atomic mass is 16.6. The number of ether oxygens (including phenoxy) is 3. The highest BCUT2D eigenvalue weighted by Crippen LogP contribution is 2.15. The quantitative estimate of drug-likeness (QED) is 0.0261. The molecule has 0 heterocycles. The van der Waals surface area contributed by atoms with E-state index in [-0.39, 0.29) is 37.5 Å². The summed E-state index contributed by atoms with van der Waals surface area (Å²) in [6, 6.07) is 0. The first-order chi connectivity index (χ1) is 37.0. The maximum Gasteiger partial charge on any atom is 0.306 e. The smallest absolute Gasteiger partial charge is 0.306 e. The second kappa shape index (κ2) is 62.6. The lowest BCUT2D eigenvalue weighted by Crippen LogP contribution is -2.30. The Hall–Kier alpha value is -3.93. The number of hydrogen-bond acceptors (Lipinski definition) is 6. The molecule has 0 N–H and O–H groups in total. The Bertz CT molecular complexity index is 1520. The zero-order chi connectivity index (χ0) is 54.3. The standard InChI is InChI=1S/C69H116O6/c1-4-7-10-13-16-19-22-25-27-29-30-31-32-33-34-35-36-37-38-40-41-44-47-50-53-56-59-62-68(71)74-65-66(64-73-67(70)61-58-55-52-49-46-43-24-21-18-15-12-9-6-3)75-69(72)63-60-57-54-51-48-45-42-39-28-26-23-20-17-14-11-8-5-2/h8,11,17,20-22,24-26,28-30,32-33,42,45,51,54,66H,4-7,9-10,12-16,18-19,23,27,31,34-41,43-44,46-50,52-53,55-65H2,1-3H3/b11-8-,20-17-,24-21-,25-22-,28-26-,30-29-,33-32-,45-42-,54-51-. The van der Waals surface area contributed by atoms with Gasteiger partial charge < -0.3 is 14.2 Å². The number of allylic oxidation sites excluding steroid dienone is 18. The van der Waals surface area contributed by atoms with Crippen LogP contribution in [0.2, 0.25) is 0 Å². The van der Waals surface area contributed by atoms with E-state index in [1.165, 1.54) is 141 Å². The Morgan fingerprint density at radius 1 is 0.280 bits per heavy atom. The van der Waals surface area contributed by atoms with E-state index in [0.717, 1.165) is 103 Å². The highest BCUT2D eigenvalue weighted by molar-refractivity contribution is 5.71. The van der Waals surface area contributed by atoms with E-state index in [9.17, 15) is 14.4 Å². The molecule has 428 valence electrons. The van der Waals surface area contributed by atoms with Gasteiger partial charge in [0.15, 0.2) is 6.10 Å². The predicted molar refractivity (Wildman–Crippen MR) is 325 cm³/mol. The summed E-state index contributed by atoms with van der Waals surface area (Å²) >= 11 is 0. The summed E-state index contributed by atoms with van der Waals surface area (Å²) in [7, 11) is 0. The fraction of sp³-hybridized carbons (Fsp3) is 0.696. The number of rotatable bonds is 56. The van der Waals surface area contributed by atoms with E-state index >= 15 is 0 Å². The summed E-state index contributed by atoms with van der Waals surface area (Å²) in [6.07, 6.45) is 85.3. The molecular weight excluding hydrogens is 925 g/mol. The van der Waals surface area contributed by atoms with Gasteiger partial charge in [-0.05, 0) is 122 Å². The molecule has 6 heteroatoms. The molecule has 0 saturated heterocycles. The van der Waals surface area contributed by atoms with Crippen LogP contribution in [0, 0.1) is 0 Å². The number of carbonyl (C=O) groups excluding carboxylic acids is 3. The number of unbranched alkanes of at least 4 members (excludes halogenated alkanes) is 27. The van der Waals surface area contributed by atoms with Crippen LogP contribution in [0.4, 0.5) is 0 Å². The summed E-state index contributed by atoms with van der Waals surface area (Å²) in [6.45, 7) is 6.46. The van der Waals surface area contributed by atoms with Crippen LogP contribution in [0.25, 0.3) is 0 Å². The van der Waals surface area contributed by atoms with Crippen LogP contribution in [0.15, 0.2) is 109 Å². The second-order valence-electron chi connectivity index (χ2n) is 20.6. The molecule has 0 aliphatic carbocycles. The molecule has 0 rings (SSSR count). The number of carbonyl (C=O) groups is 3. The summed E-state index contributed by atoms with van der Waals surface area (Å²) < 4.78 is 16.8. The third-order valence-electron chi connectivity index (χ3n) is 13.2. The lowest BCUT2D eigenvalue weighted by Gasteiger charge is -2.18. The van der Waals surface area contributed by atoms with Crippen molar-refractivity contribution in [1.29, 1.82) is 0 Å². The zero-order valence-corrected chi connectivity index (χ0v) is 49.0. The highest BCUT2D eigenvalue weighted by Gasteiger charge is 2.19. The van der Waals surface area contributed by atoms with E-state index in [2.05, 4.69) is 130 Å². The summed E-state index contributed by atoms with van der Waals surface area (Å²) in [5.41, 5.74) is 0. The van der Waals surface area contributed by atoms with Crippen LogP contribution in [0.1, 0.15) is 290 Å². The van der Waals surface area contributed by atoms with Crippen molar-refractivity contribution >= 4 is 17.9 Å². The molecule has 0 fully saturated rings. The molecule has 6 nitrogen and oxygen atoms in total. The molecule has 75 heavy (non-hydrogen) atoms. The molecular formula is C69H116O6. The van der Waals surface area contributed by atoms with E-state index in [1.807, 2.05) is 0 Å². The van der Waals surface area contributed by atoms with E-state index in [1.54, 1.807) is 0 Å². The molecule has 0 radical (unpaired) electrons. The number of hydrogen-bond donors (Lipinski definition) is 0. The lowest BCUT2D eigenvalue weighted by atomic mass is 10.0. The van der Waals surface area contributed by atoms with E-state index in [4.69, 9.17) is 14.2 Å². The van der Waals surface area contributed by atoms with E-state index in [0.29, 0.717) is 19.3 Å². The van der Waals surface area contributed by atoms with Crippen molar-refractivity contribution in [3.8, 4) is 0 Å². The fourth-order valence-corrected chi connectivity index (χ4v) is 8.54. The first-order valence-electron chi connectivity index (χ1n) is 31.4. The van der Waals surface area contributed by atoms with Gasteiger partial charge in [0.05, 0.1) is 0 Å². The topological polar surface area (TPSA) is 78.9 Å². The molecule has 0 aromatic rings. The first kappa shape index (κ1) is 71.1. The van der Waals surface area contributed by atoms with Gasteiger partial charge in [0, 0.05) is 19.3 Å². The molecule has 0 aliphatic heterocycles. The Balaban J connectivity index is 4.35. The molecule has 1 unspecified atom stereocenters. The third kappa shape index (κ3) is 60.8. The Morgan fingerprint density at radius 2 is 0.533 bits per heavy atom. The monoisotopic (exact) mass is 1040 g/mol. The minimum atomic E-state index is -0.814. The summed E-state index contributed by atoms with van der Waals surface area (Å²) in [4.78, 5) is 38.2.